The van der Waals surface area contributed by atoms with Gasteiger partial charge in [0.1, 0.15) is 23.9 Å². The predicted octanol–water partition coefficient (Wildman–Crippen LogP) is -0.972. The Labute approximate surface area is 166 Å². The molecule has 0 bridgehead atoms. The first-order chi connectivity index (χ1) is 13.3. The van der Waals surface area contributed by atoms with Crippen LogP contribution in [0, 0.1) is 0 Å². The van der Waals surface area contributed by atoms with Gasteiger partial charge in [-0.25, -0.2) is 0 Å². The number of aromatic hydroxyl groups is 1. The van der Waals surface area contributed by atoms with Crippen LogP contribution in [0.2, 0.25) is 0 Å². The van der Waals surface area contributed by atoms with Gasteiger partial charge >= 0.3 is 23.9 Å². The minimum absolute atomic E-state index is 0.0231. The summed E-state index contributed by atoms with van der Waals surface area (Å²) in [5.41, 5.74) is 16.0. The number of carboxylic acids is 4. The lowest BCUT2D eigenvalue weighted by Gasteiger charge is -2.05. The van der Waals surface area contributed by atoms with Gasteiger partial charge in [0.15, 0.2) is 0 Å². The molecule has 0 aliphatic heterocycles. The number of benzene rings is 1. The average molecular weight is 417 g/mol. The lowest BCUT2D eigenvalue weighted by Crippen LogP contribution is -2.32. The van der Waals surface area contributed by atoms with E-state index in [9.17, 15) is 19.2 Å². The summed E-state index contributed by atoms with van der Waals surface area (Å²) in [6.07, 6.45) is 0.0494. The number of aliphatic carboxylic acids is 4. The molecule has 1 aromatic carbocycles. The molecule has 0 amide bonds. The standard InChI is InChI=1S/C9H11NO3.C5H9NO4.C3H7NO2/c10-8(9(12)13)5-6-1-3-7(11)4-2-6;6-3(5(9)10)1-2-4(7)8;1-2(4)3(5)6/h1-4,8,11H,5,10H2,(H,12,13);3H,1-2,6H2,(H,7,8)(H,9,10);2H,4H2,1H3,(H,5,6)/t8-;;2-/m0.0/s1. The second-order valence-electron chi connectivity index (χ2n) is 5.82. The molecule has 0 radical (unpaired) electrons. The topological polar surface area (TPSA) is 247 Å². The molecule has 0 fully saturated rings. The van der Waals surface area contributed by atoms with Crippen molar-refractivity contribution in [2.45, 2.75) is 44.3 Å². The Bertz CT molecular complexity index is 663. The van der Waals surface area contributed by atoms with Gasteiger partial charge < -0.3 is 42.7 Å². The molecule has 0 saturated heterocycles. The maximum Gasteiger partial charge on any atom is 0.320 e. The fourth-order valence-electron chi connectivity index (χ4n) is 1.38. The Morgan fingerprint density at radius 1 is 0.828 bits per heavy atom. The second-order valence-corrected chi connectivity index (χ2v) is 5.82. The van der Waals surface area contributed by atoms with Crippen LogP contribution in [0.3, 0.4) is 0 Å². The highest BCUT2D eigenvalue weighted by Gasteiger charge is 2.12. The Balaban J connectivity index is 0. The number of phenols is 1. The molecular formula is C17H27N3O9. The van der Waals surface area contributed by atoms with E-state index in [1.807, 2.05) is 0 Å². The summed E-state index contributed by atoms with van der Waals surface area (Å²) in [6, 6.07) is 3.63. The summed E-state index contributed by atoms with van der Waals surface area (Å²) in [6.45, 7) is 1.42. The molecule has 0 aromatic heterocycles. The maximum atomic E-state index is 10.4. The Morgan fingerprint density at radius 3 is 1.55 bits per heavy atom. The van der Waals surface area contributed by atoms with E-state index in [1.54, 1.807) is 12.1 Å². The zero-order valence-electron chi connectivity index (χ0n) is 15.8. The SMILES string of the molecule is C[C@H](N)C(=O)O.NC(CCC(=O)O)C(=O)O.N[C@@H](Cc1ccc(O)cc1)C(=O)O. The predicted molar refractivity (Wildman–Crippen MR) is 101 cm³/mol. The van der Waals surface area contributed by atoms with E-state index in [0.29, 0.717) is 0 Å². The number of hydrogen-bond acceptors (Lipinski definition) is 8. The van der Waals surface area contributed by atoms with Crippen LogP contribution < -0.4 is 17.2 Å². The zero-order chi connectivity index (χ0) is 23.1. The van der Waals surface area contributed by atoms with Gasteiger partial charge in [0.05, 0.1) is 0 Å². The van der Waals surface area contributed by atoms with Crippen molar-refractivity contribution in [3.63, 3.8) is 0 Å². The van der Waals surface area contributed by atoms with Gasteiger partial charge in [-0.3, -0.25) is 19.2 Å². The summed E-state index contributed by atoms with van der Waals surface area (Å²) in [5, 5.41) is 41.6. The number of hydrogen-bond donors (Lipinski definition) is 8. The van der Waals surface area contributed by atoms with Crippen LogP contribution in [-0.4, -0.2) is 67.5 Å². The summed E-state index contributed by atoms with van der Waals surface area (Å²) >= 11 is 0. The van der Waals surface area contributed by atoms with Crippen LogP contribution in [0.25, 0.3) is 0 Å². The van der Waals surface area contributed by atoms with Crippen molar-refractivity contribution in [1.29, 1.82) is 0 Å². The molecule has 0 heterocycles. The maximum absolute atomic E-state index is 10.4. The molecule has 0 aliphatic carbocycles. The quantitative estimate of drug-likeness (QED) is 0.254. The van der Waals surface area contributed by atoms with Crippen molar-refractivity contribution >= 4 is 23.9 Å². The number of carbonyl (C=O) groups is 4. The summed E-state index contributed by atoms with van der Waals surface area (Å²) in [4.78, 5) is 39.8. The fourth-order valence-corrected chi connectivity index (χ4v) is 1.38. The highest BCUT2D eigenvalue weighted by molar-refractivity contribution is 5.74. The molecule has 0 saturated carbocycles. The minimum atomic E-state index is -1.17. The highest BCUT2D eigenvalue weighted by Crippen LogP contribution is 2.10. The van der Waals surface area contributed by atoms with Crippen molar-refractivity contribution in [3.8, 4) is 5.75 Å². The average Bonchev–Trinajstić information content (AvgIpc) is 2.62. The molecular weight excluding hydrogens is 390 g/mol. The molecule has 164 valence electrons. The monoisotopic (exact) mass is 417 g/mol. The first-order valence-corrected chi connectivity index (χ1v) is 8.22. The van der Waals surface area contributed by atoms with E-state index >= 15 is 0 Å². The summed E-state index contributed by atoms with van der Waals surface area (Å²) < 4.78 is 0. The van der Waals surface area contributed by atoms with E-state index < -0.39 is 42.0 Å². The molecule has 1 aromatic rings. The second kappa shape index (κ2) is 14.8. The van der Waals surface area contributed by atoms with E-state index in [2.05, 4.69) is 0 Å². The van der Waals surface area contributed by atoms with Crippen LogP contribution >= 0.6 is 0 Å². The van der Waals surface area contributed by atoms with Crippen LogP contribution in [0.5, 0.6) is 5.75 Å². The number of nitrogens with two attached hydrogens (primary N) is 3. The van der Waals surface area contributed by atoms with Gasteiger partial charge in [-0.1, -0.05) is 12.1 Å². The van der Waals surface area contributed by atoms with Crippen molar-refractivity contribution in [2.24, 2.45) is 17.2 Å². The lowest BCUT2D eigenvalue weighted by atomic mass is 10.1. The van der Waals surface area contributed by atoms with Crippen LogP contribution in [-0.2, 0) is 25.6 Å². The van der Waals surface area contributed by atoms with E-state index in [1.165, 1.54) is 19.1 Å². The van der Waals surface area contributed by atoms with Crippen molar-refractivity contribution in [3.05, 3.63) is 29.8 Å². The van der Waals surface area contributed by atoms with Gasteiger partial charge in [0.25, 0.3) is 0 Å². The molecule has 11 N–H and O–H groups in total. The zero-order valence-corrected chi connectivity index (χ0v) is 15.8. The van der Waals surface area contributed by atoms with E-state index in [4.69, 9.17) is 42.7 Å². The van der Waals surface area contributed by atoms with Crippen molar-refractivity contribution in [2.75, 3.05) is 0 Å². The molecule has 1 rings (SSSR count). The first-order valence-electron chi connectivity index (χ1n) is 8.22. The van der Waals surface area contributed by atoms with E-state index in [0.717, 1.165) is 5.56 Å². The van der Waals surface area contributed by atoms with Crippen LogP contribution in [0.4, 0.5) is 0 Å². The third-order valence-corrected chi connectivity index (χ3v) is 3.09. The van der Waals surface area contributed by atoms with Gasteiger partial charge in [0, 0.05) is 6.42 Å². The third kappa shape index (κ3) is 16.7. The third-order valence-electron chi connectivity index (χ3n) is 3.09. The Hall–Kier alpha value is -3.22. The number of rotatable bonds is 8. The number of carboxylic acid groups (broad SMARTS) is 4. The first kappa shape index (κ1) is 28.0. The van der Waals surface area contributed by atoms with Gasteiger partial charge in [-0.15, -0.1) is 0 Å². The molecule has 1 unspecified atom stereocenters. The summed E-state index contributed by atoms with van der Waals surface area (Å²) in [7, 11) is 0. The van der Waals surface area contributed by atoms with Crippen LogP contribution in [0.15, 0.2) is 24.3 Å². The van der Waals surface area contributed by atoms with Gasteiger partial charge in [-0.2, -0.15) is 0 Å². The summed E-state index contributed by atoms with van der Waals surface area (Å²) in [5.74, 6) is -4.02. The molecule has 0 spiro atoms. The van der Waals surface area contributed by atoms with E-state index in [-0.39, 0.29) is 25.0 Å². The largest absolute Gasteiger partial charge is 0.508 e. The minimum Gasteiger partial charge on any atom is -0.508 e. The lowest BCUT2D eigenvalue weighted by molar-refractivity contribution is -0.140. The molecule has 12 heteroatoms. The Morgan fingerprint density at radius 2 is 1.24 bits per heavy atom. The molecule has 29 heavy (non-hydrogen) atoms. The highest BCUT2D eigenvalue weighted by atomic mass is 16.4. The number of phenolic OH excluding ortho intramolecular Hbond substituents is 1. The van der Waals surface area contributed by atoms with Gasteiger partial charge in [0.2, 0.25) is 0 Å². The van der Waals surface area contributed by atoms with Gasteiger partial charge in [-0.05, 0) is 37.5 Å². The fraction of sp³-hybridized carbons (Fsp3) is 0.412. The molecule has 3 atom stereocenters. The van der Waals surface area contributed by atoms with Crippen molar-refractivity contribution < 1.29 is 44.7 Å². The normalized spacial score (nSPS) is 12.7. The molecule has 0 aliphatic rings. The Kier molecular flexibility index (Phi) is 14.3. The van der Waals surface area contributed by atoms with Crippen molar-refractivity contribution in [1.82, 2.24) is 0 Å². The smallest absolute Gasteiger partial charge is 0.320 e. The molecule has 12 nitrogen and oxygen atoms in total. The van der Waals surface area contributed by atoms with Crippen LogP contribution in [0.1, 0.15) is 25.3 Å².